The van der Waals surface area contributed by atoms with Gasteiger partial charge in [0.05, 0.1) is 6.20 Å². The van der Waals surface area contributed by atoms with Crippen molar-refractivity contribution in [1.82, 2.24) is 5.43 Å². The van der Waals surface area contributed by atoms with Crippen molar-refractivity contribution in [3.8, 4) is 0 Å². The maximum atomic E-state index is 12.3. The maximum absolute atomic E-state index is 12.3. The Balaban J connectivity index is 2.10. The smallest absolute Gasteiger partial charge is 0.203 e. The average molecular weight is 171 g/mol. The second-order valence-corrected chi connectivity index (χ2v) is 3.11. The zero-order valence-electron chi connectivity index (χ0n) is 6.50. The van der Waals surface area contributed by atoms with Crippen LogP contribution in [0.15, 0.2) is 16.9 Å². The highest BCUT2D eigenvalue weighted by atomic mass is 19.3. The minimum atomic E-state index is -2.47. The van der Waals surface area contributed by atoms with E-state index in [1.165, 1.54) is 6.20 Å². The standard InChI is InChI=1S/C8H9F2N2/c9-8(10)7-6(4-11-12-7)5-2-1-3-5/h4-5,8H,1-3H2. The first kappa shape index (κ1) is 7.71. The molecule has 0 saturated heterocycles. The van der Waals surface area contributed by atoms with Crippen molar-refractivity contribution in [1.29, 1.82) is 0 Å². The summed E-state index contributed by atoms with van der Waals surface area (Å²) >= 11 is 0. The van der Waals surface area contributed by atoms with Crippen LogP contribution in [-0.4, -0.2) is 12.1 Å². The van der Waals surface area contributed by atoms with Gasteiger partial charge in [-0.3, -0.25) is 0 Å². The summed E-state index contributed by atoms with van der Waals surface area (Å²) in [4.78, 5) is 0. The third-order valence-electron chi connectivity index (χ3n) is 2.41. The van der Waals surface area contributed by atoms with Crippen molar-refractivity contribution >= 4 is 5.71 Å². The Morgan fingerprint density at radius 1 is 1.42 bits per heavy atom. The van der Waals surface area contributed by atoms with Gasteiger partial charge in [0.15, 0.2) is 0 Å². The molecule has 0 unspecified atom stereocenters. The Kier molecular flexibility index (Phi) is 1.83. The molecule has 1 aliphatic heterocycles. The molecule has 0 N–H and O–H groups in total. The van der Waals surface area contributed by atoms with Gasteiger partial charge in [-0.2, -0.15) is 5.43 Å². The van der Waals surface area contributed by atoms with E-state index in [4.69, 9.17) is 0 Å². The molecule has 1 heterocycles. The first-order valence-electron chi connectivity index (χ1n) is 4.05. The van der Waals surface area contributed by atoms with Gasteiger partial charge in [0.2, 0.25) is 0 Å². The molecule has 2 nitrogen and oxygen atoms in total. The number of hydrogen-bond donors (Lipinski definition) is 0. The fraction of sp³-hybridized carbons (Fsp3) is 0.625. The SMILES string of the molecule is FC(F)C1=N[N]C=C1C1CCC1. The van der Waals surface area contributed by atoms with Gasteiger partial charge in [0, 0.05) is 5.57 Å². The Labute approximate surface area is 69.3 Å². The number of hydrogen-bond acceptors (Lipinski definition) is 1. The summed E-state index contributed by atoms with van der Waals surface area (Å²) in [5.74, 6) is 0.295. The molecular formula is C8H9F2N2. The molecule has 0 atom stereocenters. The van der Waals surface area contributed by atoms with E-state index in [1.54, 1.807) is 0 Å². The van der Waals surface area contributed by atoms with E-state index in [1.807, 2.05) is 0 Å². The van der Waals surface area contributed by atoms with Crippen LogP contribution >= 0.6 is 0 Å². The highest BCUT2D eigenvalue weighted by Gasteiger charge is 2.31. The third kappa shape index (κ3) is 1.11. The Bertz CT molecular complexity index is 241. The summed E-state index contributed by atoms with van der Waals surface area (Å²) in [6.45, 7) is 0. The molecule has 1 fully saturated rings. The summed E-state index contributed by atoms with van der Waals surface area (Å²) in [5.41, 5.74) is 4.07. The number of rotatable bonds is 2. The molecule has 0 aromatic heterocycles. The van der Waals surface area contributed by atoms with Crippen LogP contribution in [-0.2, 0) is 0 Å². The zero-order valence-corrected chi connectivity index (χ0v) is 6.50. The Morgan fingerprint density at radius 3 is 2.67 bits per heavy atom. The predicted octanol–water partition coefficient (Wildman–Crippen LogP) is 1.91. The number of nitrogens with zero attached hydrogens (tertiary/aromatic N) is 2. The highest BCUT2D eigenvalue weighted by molar-refractivity contribution is 6.03. The largest absolute Gasteiger partial charge is 0.282 e. The van der Waals surface area contributed by atoms with Crippen molar-refractivity contribution in [2.75, 3.05) is 0 Å². The lowest BCUT2D eigenvalue weighted by Gasteiger charge is -2.26. The van der Waals surface area contributed by atoms with Crippen LogP contribution in [0.5, 0.6) is 0 Å². The molecule has 0 bridgehead atoms. The molecule has 0 spiro atoms. The van der Waals surface area contributed by atoms with Crippen LogP contribution in [0.3, 0.4) is 0 Å². The third-order valence-corrected chi connectivity index (χ3v) is 2.41. The summed E-state index contributed by atoms with van der Waals surface area (Å²) in [6.07, 6.45) is 2.16. The molecule has 65 valence electrons. The lowest BCUT2D eigenvalue weighted by molar-refractivity contribution is 0.223. The quantitative estimate of drug-likeness (QED) is 0.606. The van der Waals surface area contributed by atoms with Crippen molar-refractivity contribution in [2.45, 2.75) is 25.7 Å². The minimum Gasteiger partial charge on any atom is -0.203 e. The topological polar surface area (TPSA) is 26.5 Å². The van der Waals surface area contributed by atoms with Gasteiger partial charge in [0.25, 0.3) is 6.43 Å². The van der Waals surface area contributed by atoms with Crippen molar-refractivity contribution < 1.29 is 8.78 Å². The normalized spacial score (nSPS) is 23.2. The van der Waals surface area contributed by atoms with E-state index in [0.29, 0.717) is 11.5 Å². The van der Waals surface area contributed by atoms with Crippen molar-refractivity contribution in [3.63, 3.8) is 0 Å². The van der Waals surface area contributed by atoms with Crippen molar-refractivity contribution in [3.05, 3.63) is 11.8 Å². The summed E-state index contributed by atoms with van der Waals surface area (Å²) < 4.78 is 24.6. The summed E-state index contributed by atoms with van der Waals surface area (Å²) in [5, 5.41) is 3.42. The highest BCUT2D eigenvalue weighted by Crippen LogP contribution is 2.35. The molecular weight excluding hydrogens is 162 g/mol. The van der Waals surface area contributed by atoms with Crippen molar-refractivity contribution in [2.24, 2.45) is 11.0 Å². The van der Waals surface area contributed by atoms with Crippen LogP contribution in [0.4, 0.5) is 8.78 Å². The Hall–Kier alpha value is -0.930. The van der Waals surface area contributed by atoms with E-state index < -0.39 is 6.43 Å². The van der Waals surface area contributed by atoms with Crippen LogP contribution in [0.25, 0.3) is 0 Å². The molecule has 0 amide bonds. The molecule has 0 aromatic rings. The first-order chi connectivity index (χ1) is 5.79. The molecule has 1 saturated carbocycles. The van der Waals surface area contributed by atoms with Gasteiger partial charge in [0.1, 0.15) is 5.71 Å². The first-order valence-corrected chi connectivity index (χ1v) is 4.05. The molecule has 4 heteroatoms. The van der Waals surface area contributed by atoms with Gasteiger partial charge in [-0.1, -0.05) is 6.42 Å². The van der Waals surface area contributed by atoms with Crippen LogP contribution in [0, 0.1) is 5.92 Å². The van der Waals surface area contributed by atoms with E-state index in [-0.39, 0.29) is 5.71 Å². The van der Waals surface area contributed by atoms with E-state index >= 15 is 0 Å². The van der Waals surface area contributed by atoms with E-state index in [0.717, 1.165) is 19.3 Å². The molecule has 2 rings (SSSR count). The van der Waals surface area contributed by atoms with Gasteiger partial charge in [-0.25, -0.2) is 8.78 Å². The van der Waals surface area contributed by atoms with Crippen LogP contribution in [0.2, 0.25) is 0 Å². The Morgan fingerprint density at radius 2 is 2.17 bits per heavy atom. The second-order valence-electron chi connectivity index (χ2n) is 3.11. The predicted molar refractivity (Wildman–Crippen MR) is 41.0 cm³/mol. The lowest BCUT2D eigenvalue weighted by Crippen LogP contribution is -2.22. The van der Waals surface area contributed by atoms with E-state index in [2.05, 4.69) is 10.5 Å². The maximum Gasteiger partial charge on any atom is 0.282 e. The number of halogens is 2. The van der Waals surface area contributed by atoms with Crippen LogP contribution in [0.1, 0.15) is 19.3 Å². The summed E-state index contributed by atoms with van der Waals surface area (Å²) in [6, 6.07) is 0. The fourth-order valence-corrected chi connectivity index (χ4v) is 1.48. The monoisotopic (exact) mass is 171 g/mol. The minimum absolute atomic E-state index is 0.111. The average Bonchev–Trinajstić information content (AvgIpc) is 2.31. The molecule has 1 radical (unpaired) electrons. The van der Waals surface area contributed by atoms with Gasteiger partial charge >= 0.3 is 0 Å². The zero-order chi connectivity index (χ0) is 8.55. The van der Waals surface area contributed by atoms with Gasteiger partial charge < -0.3 is 0 Å². The molecule has 12 heavy (non-hydrogen) atoms. The lowest BCUT2D eigenvalue weighted by atomic mass is 9.78. The van der Waals surface area contributed by atoms with Gasteiger partial charge in [-0.15, -0.1) is 5.10 Å². The van der Waals surface area contributed by atoms with E-state index in [9.17, 15) is 8.78 Å². The number of alkyl halides is 2. The number of allylic oxidation sites excluding steroid dienone is 1. The fourth-order valence-electron chi connectivity index (χ4n) is 1.48. The molecule has 2 aliphatic rings. The molecule has 1 aliphatic carbocycles. The van der Waals surface area contributed by atoms with Gasteiger partial charge in [-0.05, 0) is 18.8 Å². The summed E-state index contributed by atoms with van der Waals surface area (Å²) in [7, 11) is 0. The van der Waals surface area contributed by atoms with Crippen LogP contribution < -0.4 is 5.43 Å². The molecule has 0 aromatic carbocycles. The second kappa shape index (κ2) is 2.84.